The minimum Gasteiger partial charge on any atom is -0.496 e. The quantitative estimate of drug-likeness (QED) is 0.413. The predicted molar refractivity (Wildman–Crippen MR) is 124 cm³/mol. The monoisotopic (exact) mass is 436 g/mol. The Bertz CT molecular complexity index is 925. The number of ether oxygens (including phenoxy) is 2. The van der Waals surface area contributed by atoms with Gasteiger partial charge >= 0.3 is 0 Å². The number of carbonyl (C=O) groups is 2. The van der Waals surface area contributed by atoms with Crippen LogP contribution in [-0.4, -0.2) is 61.0 Å². The van der Waals surface area contributed by atoms with Gasteiger partial charge in [-0.1, -0.05) is 31.5 Å². The molecule has 0 saturated heterocycles. The number of methoxy groups -OCH3 is 1. The molecule has 0 N–H and O–H groups in total. The molecule has 0 spiro atoms. The van der Waals surface area contributed by atoms with Crippen LogP contribution in [0.5, 0.6) is 11.5 Å². The van der Waals surface area contributed by atoms with Gasteiger partial charge in [0, 0.05) is 18.2 Å². The second-order valence-corrected chi connectivity index (χ2v) is 8.51. The van der Waals surface area contributed by atoms with E-state index in [1.807, 2.05) is 18.2 Å². The second kappa shape index (κ2) is 10.2. The molecule has 2 aromatic carbocycles. The van der Waals surface area contributed by atoms with Gasteiger partial charge in [-0.05, 0) is 63.0 Å². The smallest absolute Gasteiger partial charge is 0.261 e. The molecule has 32 heavy (non-hydrogen) atoms. The highest BCUT2D eigenvalue weighted by molar-refractivity contribution is 6.21. The number of imide groups is 1. The van der Waals surface area contributed by atoms with Gasteiger partial charge in [0.05, 0.1) is 18.2 Å². The molecule has 0 radical (unpaired) electrons. The molecule has 0 bridgehead atoms. The fourth-order valence-electron chi connectivity index (χ4n) is 4.76. The van der Waals surface area contributed by atoms with Gasteiger partial charge in [0.1, 0.15) is 18.1 Å². The van der Waals surface area contributed by atoms with Crippen LogP contribution in [0.2, 0.25) is 0 Å². The molecule has 2 amide bonds. The molecule has 2 heterocycles. The van der Waals surface area contributed by atoms with Gasteiger partial charge in [-0.25, -0.2) is 0 Å². The zero-order chi connectivity index (χ0) is 22.5. The molecular formula is C26H32N2O4. The summed E-state index contributed by atoms with van der Waals surface area (Å²) in [6.45, 7) is 5.38. The summed E-state index contributed by atoms with van der Waals surface area (Å²) in [6.07, 6.45) is 4.83. The van der Waals surface area contributed by atoms with Crippen molar-refractivity contribution in [2.24, 2.45) is 0 Å². The van der Waals surface area contributed by atoms with Crippen LogP contribution >= 0.6 is 0 Å². The SMILES string of the molecule is CCCN(CCCCCN1C(=O)c2ccccc2C1=O)C1COc2cccc(OC)c2C1. The zero-order valence-corrected chi connectivity index (χ0v) is 19.0. The maximum absolute atomic E-state index is 12.5. The molecule has 2 aliphatic heterocycles. The van der Waals surface area contributed by atoms with Crippen LogP contribution in [0.1, 0.15) is 58.9 Å². The number of carbonyl (C=O) groups excluding carboxylic acids is 2. The third-order valence-electron chi connectivity index (χ3n) is 6.41. The van der Waals surface area contributed by atoms with Gasteiger partial charge in [-0.15, -0.1) is 0 Å². The largest absolute Gasteiger partial charge is 0.496 e. The molecule has 170 valence electrons. The van der Waals surface area contributed by atoms with Crippen molar-refractivity contribution in [3.63, 3.8) is 0 Å². The van der Waals surface area contributed by atoms with E-state index in [9.17, 15) is 9.59 Å². The lowest BCUT2D eigenvalue weighted by Gasteiger charge is -2.35. The standard InChI is InChI=1S/C26H32N2O4/c1-3-14-27(19-17-22-23(31-2)12-9-13-24(22)32-18-19)15-7-4-8-16-28-25(29)20-10-5-6-11-21(20)26(28)30/h5-6,9-13,19H,3-4,7-8,14-18H2,1-2H3. The first-order valence-electron chi connectivity index (χ1n) is 11.6. The number of benzene rings is 2. The van der Waals surface area contributed by atoms with E-state index in [0.29, 0.717) is 30.3 Å². The minimum absolute atomic E-state index is 0.162. The summed E-state index contributed by atoms with van der Waals surface area (Å²) in [5.41, 5.74) is 2.21. The van der Waals surface area contributed by atoms with Crippen molar-refractivity contribution in [1.29, 1.82) is 0 Å². The Morgan fingerprint density at radius 2 is 1.75 bits per heavy atom. The number of hydrogen-bond donors (Lipinski definition) is 0. The average Bonchev–Trinajstić information content (AvgIpc) is 3.07. The van der Waals surface area contributed by atoms with E-state index in [4.69, 9.17) is 9.47 Å². The number of nitrogens with zero attached hydrogens (tertiary/aromatic N) is 2. The number of amides is 2. The van der Waals surface area contributed by atoms with Crippen LogP contribution < -0.4 is 9.47 Å². The van der Waals surface area contributed by atoms with E-state index < -0.39 is 0 Å². The maximum atomic E-state index is 12.5. The molecule has 6 heteroatoms. The average molecular weight is 437 g/mol. The van der Waals surface area contributed by atoms with E-state index in [1.54, 1.807) is 31.4 Å². The molecule has 0 aliphatic carbocycles. The molecule has 2 aromatic rings. The lowest BCUT2D eigenvalue weighted by atomic mass is 9.99. The van der Waals surface area contributed by atoms with Gasteiger partial charge in [-0.3, -0.25) is 19.4 Å². The fraction of sp³-hybridized carbons (Fsp3) is 0.462. The first-order valence-corrected chi connectivity index (χ1v) is 11.6. The number of rotatable bonds is 10. The van der Waals surface area contributed by atoms with Crippen molar-refractivity contribution in [1.82, 2.24) is 9.80 Å². The van der Waals surface area contributed by atoms with Gasteiger partial charge in [0.2, 0.25) is 0 Å². The first-order chi connectivity index (χ1) is 15.6. The van der Waals surface area contributed by atoms with E-state index in [-0.39, 0.29) is 11.8 Å². The Hall–Kier alpha value is -2.86. The van der Waals surface area contributed by atoms with Crippen molar-refractivity contribution in [2.45, 2.75) is 45.1 Å². The first kappa shape index (κ1) is 22.3. The molecule has 0 fully saturated rings. The Morgan fingerprint density at radius 1 is 1.00 bits per heavy atom. The molecule has 0 saturated carbocycles. The van der Waals surface area contributed by atoms with Crippen LogP contribution in [0.3, 0.4) is 0 Å². The molecular weight excluding hydrogens is 404 g/mol. The number of hydrogen-bond acceptors (Lipinski definition) is 5. The lowest BCUT2D eigenvalue weighted by molar-refractivity contribution is 0.0650. The summed E-state index contributed by atoms with van der Waals surface area (Å²) >= 11 is 0. The van der Waals surface area contributed by atoms with Gasteiger partial charge in [0.15, 0.2) is 0 Å². The third kappa shape index (κ3) is 4.51. The Balaban J connectivity index is 1.27. The molecule has 0 aromatic heterocycles. The highest BCUT2D eigenvalue weighted by Crippen LogP contribution is 2.34. The molecule has 1 unspecified atom stereocenters. The molecule has 4 rings (SSSR count). The lowest BCUT2D eigenvalue weighted by Crippen LogP contribution is -2.44. The van der Waals surface area contributed by atoms with Crippen molar-refractivity contribution < 1.29 is 19.1 Å². The summed E-state index contributed by atoms with van der Waals surface area (Å²) in [4.78, 5) is 28.9. The highest BCUT2D eigenvalue weighted by atomic mass is 16.5. The molecule has 1 atom stereocenters. The van der Waals surface area contributed by atoms with Crippen molar-refractivity contribution in [3.8, 4) is 11.5 Å². The summed E-state index contributed by atoms with van der Waals surface area (Å²) in [6, 6.07) is 13.4. The zero-order valence-electron chi connectivity index (χ0n) is 19.0. The van der Waals surface area contributed by atoms with Crippen molar-refractivity contribution in [3.05, 3.63) is 59.2 Å². The molecule has 6 nitrogen and oxygen atoms in total. The Kier molecular flexibility index (Phi) is 7.10. The summed E-state index contributed by atoms with van der Waals surface area (Å²) in [7, 11) is 1.71. The van der Waals surface area contributed by atoms with Crippen molar-refractivity contribution >= 4 is 11.8 Å². The fourth-order valence-corrected chi connectivity index (χ4v) is 4.76. The highest BCUT2D eigenvalue weighted by Gasteiger charge is 2.34. The third-order valence-corrected chi connectivity index (χ3v) is 6.41. The number of fused-ring (bicyclic) bond motifs is 2. The van der Waals surface area contributed by atoms with E-state index >= 15 is 0 Å². The normalized spacial score (nSPS) is 17.3. The maximum Gasteiger partial charge on any atom is 0.261 e. The van der Waals surface area contributed by atoms with E-state index in [2.05, 4.69) is 11.8 Å². The second-order valence-electron chi connectivity index (χ2n) is 8.51. The van der Waals surface area contributed by atoms with Gasteiger partial charge < -0.3 is 9.47 Å². The van der Waals surface area contributed by atoms with Crippen LogP contribution in [-0.2, 0) is 6.42 Å². The Labute approximate surface area is 190 Å². The summed E-state index contributed by atoms with van der Waals surface area (Å²) < 4.78 is 11.6. The minimum atomic E-state index is -0.162. The summed E-state index contributed by atoms with van der Waals surface area (Å²) in [5, 5.41) is 0. The van der Waals surface area contributed by atoms with Crippen LogP contribution in [0.25, 0.3) is 0 Å². The van der Waals surface area contributed by atoms with Crippen LogP contribution in [0.15, 0.2) is 42.5 Å². The van der Waals surface area contributed by atoms with Gasteiger partial charge in [0.25, 0.3) is 11.8 Å². The topological polar surface area (TPSA) is 59.1 Å². The van der Waals surface area contributed by atoms with Crippen LogP contribution in [0.4, 0.5) is 0 Å². The summed E-state index contributed by atoms with van der Waals surface area (Å²) in [5.74, 6) is 1.50. The van der Waals surface area contributed by atoms with E-state index in [0.717, 1.165) is 62.3 Å². The number of unbranched alkanes of at least 4 members (excludes halogenated alkanes) is 2. The predicted octanol–water partition coefficient (Wildman–Crippen LogP) is 4.18. The van der Waals surface area contributed by atoms with Gasteiger partial charge in [-0.2, -0.15) is 0 Å². The van der Waals surface area contributed by atoms with E-state index in [1.165, 1.54) is 4.90 Å². The van der Waals surface area contributed by atoms with Crippen LogP contribution in [0, 0.1) is 0 Å². The Morgan fingerprint density at radius 3 is 2.44 bits per heavy atom. The van der Waals surface area contributed by atoms with Crippen molar-refractivity contribution in [2.75, 3.05) is 33.4 Å². The molecule has 2 aliphatic rings.